The fourth-order valence-corrected chi connectivity index (χ4v) is 1.92. The van der Waals surface area contributed by atoms with Crippen molar-refractivity contribution in [3.8, 4) is 0 Å². The van der Waals surface area contributed by atoms with E-state index in [2.05, 4.69) is 9.88 Å². The van der Waals surface area contributed by atoms with Gasteiger partial charge in [-0.3, -0.25) is 4.79 Å². The molecule has 0 saturated carbocycles. The van der Waals surface area contributed by atoms with Crippen LogP contribution in [-0.4, -0.2) is 17.0 Å². The first-order valence-electron chi connectivity index (χ1n) is 5.82. The van der Waals surface area contributed by atoms with Gasteiger partial charge in [0.15, 0.2) is 0 Å². The van der Waals surface area contributed by atoms with Crippen LogP contribution < -0.4 is 11.1 Å². The number of nitrogens with one attached hydrogen (secondary N) is 1. The van der Waals surface area contributed by atoms with Crippen LogP contribution in [0.5, 0.6) is 0 Å². The van der Waals surface area contributed by atoms with E-state index in [0.29, 0.717) is 19.5 Å². The van der Waals surface area contributed by atoms with Crippen LogP contribution in [0.2, 0.25) is 0 Å². The molecule has 4 heteroatoms. The zero-order valence-corrected chi connectivity index (χ0v) is 9.94. The monoisotopic (exact) mass is 231 g/mol. The molecule has 1 aromatic heterocycles. The molecule has 1 heterocycles. The molecular formula is C13H17N3O. The van der Waals surface area contributed by atoms with Gasteiger partial charge in [-0.15, -0.1) is 0 Å². The lowest BCUT2D eigenvalue weighted by molar-refractivity contribution is -0.121. The molecule has 0 bridgehead atoms. The maximum absolute atomic E-state index is 11.4. The number of rotatable bonds is 4. The van der Waals surface area contributed by atoms with E-state index in [1.54, 1.807) is 0 Å². The largest absolute Gasteiger partial charge is 0.399 e. The SMILES string of the molecule is CCNC(=O)CCn1ccc2cc(N)ccc21. The highest BCUT2D eigenvalue weighted by Gasteiger charge is 2.04. The minimum absolute atomic E-state index is 0.0878. The third kappa shape index (κ3) is 2.58. The molecule has 0 unspecified atom stereocenters. The van der Waals surface area contributed by atoms with E-state index in [9.17, 15) is 4.79 Å². The topological polar surface area (TPSA) is 60.0 Å². The van der Waals surface area contributed by atoms with Crippen LogP contribution >= 0.6 is 0 Å². The smallest absolute Gasteiger partial charge is 0.221 e. The first-order chi connectivity index (χ1) is 8.20. The predicted molar refractivity (Wildman–Crippen MR) is 69.7 cm³/mol. The van der Waals surface area contributed by atoms with Crippen LogP contribution in [0.25, 0.3) is 10.9 Å². The van der Waals surface area contributed by atoms with Gasteiger partial charge in [-0.1, -0.05) is 0 Å². The molecule has 17 heavy (non-hydrogen) atoms. The molecule has 0 spiro atoms. The Morgan fingerprint density at radius 2 is 2.24 bits per heavy atom. The summed E-state index contributed by atoms with van der Waals surface area (Å²) in [6.07, 6.45) is 2.49. The number of hydrogen-bond acceptors (Lipinski definition) is 2. The van der Waals surface area contributed by atoms with Crippen molar-refractivity contribution in [1.82, 2.24) is 9.88 Å². The maximum atomic E-state index is 11.4. The van der Waals surface area contributed by atoms with Gasteiger partial charge >= 0.3 is 0 Å². The number of carbonyl (C=O) groups is 1. The molecule has 3 N–H and O–H groups in total. The van der Waals surface area contributed by atoms with Gasteiger partial charge < -0.3 is 15.6 Å². The normalized spacial score (nSPS) is 10.6. The summed E-state index contributed by atoms with van der Waals surface area (Å²) in [5.74, 6) is 0.0878. The van der Waals surface area contributed by atoms with Gasteiger partial charge in [-0.05, 0) is 31.2 Å². The van der Waals surface area contributed by atoms with E-state index in [1.165, 1.54) is 0 Å². The van der Waals surface area contributed by atoms with Crippen molar-refractivity contribution >= 4 is 22.5 Å². The number of nitrogens with two attached hydrogens (primary N) is 1. The number of aryl methyl sites for hydroxylation is 1. The maximum Gasteiger partial charge on any atom is 0.221 e. The summed E-state index contributed by atoms with van der Waals surface area (Å²) in [5.41, 5.74) is 7.60. The minimum Gasteiger partial charge on any atom is -0.399 e. The highest BCUT2D eigenvalue weighted by Crippen LogP contribution is 2.18. The minimum atomic E-state index is 0.0878. The summed E-state index contributed by atoms with van der Waals surface area (Å²) in [6, 6.07) is 7.83. The van der Waals surface area contributed by atoms with E-state index in [0.717, 1.165) is 16.6 Å². The van der Waals surface area contributed by atoms with Gasteiger partial charge in [-0.2, -0.15) is 0 Å². The molecule has 4 nitrogen and oxygen atoms in total. The van der Waals surface area contributed by atoms with Gasteiger partial charge in [0.2, 0.25) is 5.91 Å². The van der Waals surface area contributed by atoms with Crippen LogP contribution in [0, 0.1) is 0 Å². The second-order valence-electron chi connectivity index (χ2n) is 4.03. The molecule has 90 valence electrons. The number of anilines is 1. The number of benzene rings is 1. The molecule has 2 aromatic rings. The van der Waals surface area contributed by atoms with Crippen molar-refractivity contribution < 1.29 is 4.79 Å². The summed E-state index contributed by atoms with van der Waals surface area (Å²) in [7, 11) is 0. The molecule has 0 atom stereocenters. The van der Waals surface area contributed by atoms with Crippen LogP contribution in [-0.2, 0) is 11.3 Å². The molecule has 0 aliphatic rings. The summed E-state index contributed by atoms with van der Waals surface area (Å²) in [6.45, 7) is 3.30. The molecule has 0 saturated heterocycles. The number of carbonyl (C=O) groups excluding carboxylic acids is 1. The Balaban J connectivity index is 2.11. The summed E-state index contributed by atoms with van der Waals surface area (Å²) >= 11 is 0. The Hall–Kier alpha value is -1.97. The first kappa shape index (κ1) is 11.5. The van der Waals surface area contributed by atoms with E-state index < -0.39 is 0 Å². The number of hydrogen-bond donors (Lipinski definition) is 2. The Bertz CT molecular complexity index is 530. The molecule has 0 radical (unpaired) electrons. The molecule has 0 aliphatic carbocycles. The zero-order chi connectivity index (χ0) is 12.3. The van der Waals surface area contributed by atoms with Crippen LogP contribution in [0.4, 0.5) is 5.69 Å². The van der Waals surface area contributed by atoms with Crippen molar-refractivity contribution in [2.45, 2.75) is 19.9 Å². The van der Waals surface area contributed by atoms with E-state index in [1.807, 2.05) is 37.4 Å². The fraction of sp³-hybridized carbons (Fsp3) is 0.308. The van der Waals surface area contributed by atoms with Gasteiger partial charge in [0.05, 0.1) is 0 Å². The van der Waals surface area contributed by atoms with Gasteiger partial charge in [0.25, 0.3) is 0 Å². The Morgan fingerprint density at radius 3 is 3.00 bits per heavy atom. The van der Waals surface area contributed by atoms with Crippen molar-refractivity contribution in [1.29, 1.82) is 0 Å². The summed E-state index contributed by atoms with van der Waals surface area (Å²) in [5, 5.41) is 3.90. The second kappa shape index (κ2) is 4.91. The predicted octanol–water partition coefficient (Wildman–Crippen LogP) is 1.75. The Morgan fingerprint density at radius 1 is 1.41 bits per heavy atom. The zero-order valence-electron chi connectivity index (χ0n) is 9.94. The number of nitrogen functional groups attached to an aromatic ring is 1. The van der Waals surface area contributed by atoms with Crippen LogP contribution in [0.15, 0.2) is 30.5 Å². The standard InChI is InChI=1S/C13H17N3O/c1-2-15-13(17)6-8-16-7-5-10-9-11(14)3-4-12(10)16/h3-5,7,9H,2,6,8,14H2,1H3,(H,15,17). The number of aromatic nitrogens is 1. The van der Waals surface area contributed by atoms with Crippen molar-refractivity contribution in [2.24, 2.45) is 0 Å². The average Bonchev–Trinajstić information content (AvgIpc) is 2.69. The molecular weight excluding hydrogens is 214 g/mol. The van der Waals surface area contributed by atoms with E-state index in [4.69, 9.17) is 5.73 Å². The third-order valence-electron chi connectivity index (χ3n) is 2.75. The average molecular weight is 231 g/mol. The fourth-order valence-electron chi connectivity index (χ4n) is 1.92. The van der Waals surface area contributed by atoms with Crippen molar-refractivity contribution in [3.05, 3.63) is 30.5 Å². The van der Waals surface area contributed by atoms with Crippen LogP contribution in [0.3, 0.4) is 0 Å². The molecule has 1 amide bonds. The molecule has 1 aromatic carbocycles. The quantitative estimate of drug-likeness (QED) is 0.787. The molecule has 0 fully saturated rings. The summed E-state index contributed by atoms with van der Waals surface area (Å²) < 4.78 is 2.07. The van der Waals surface area contributed by atoms with Crippen molar-refractivity contribution in [3.63, 3.8) is 0 Å². The molecule has 0 aliphatic heterocycles. The Labute approximate surface area is 100 Å². The highest BCUT2D eigenvalue weighted by molar-refractivity contribution is 5.83. The lowest BCUT2D eigenvalue weighted by Gasteiger charge is -2.05. The van der Waals surface area contributed by atoms with Gasteiger partial charge in [-0.25, -0.2) is 0 Å². The van der Waals surface area contributed by atoms with Crippen molar-refractivity contribution in [2.75, 3.05) is 12.3 Å². The first-order valence-corrected chi connectivity index (χ1v) is 5.82. The number of fused-ring (bicyclic) bond motifs is 1. The lowest BCUT2D eigenvalue weighted by Crippen LogP contribution is -2.23. The second-order valence-corrected chi connectivity index (χ2v) is 4.03. The summed E-state index contributed by atoms with van der Waals surface area (Å²) in [4.78, 5) is 11.4. The van der Waals surface area contributed by atoms with Gasteiger partial charge in [0.1, 0.15) is 0 Å². The third-order valence-corrected chi connectivity index (χ3v) is 2.75. The molecule has 2 rings (SSSR count). The van der Waals surface area contributed by atoms with Gasteiger partial charge in [0, 0.05) is 42.3 Å². The van der Waals surface area contributed by atoms with E-state index in [-0.39, 0.29) is 5.91 Å². The highest BCUT2D eigenvalue weighted by atomic mass is 16.1. The number of nitrogens with zero attached hydrogens (tertiary/aromatic N) is 1. The lowest BCUT2D eigenvalue weighted by atomic mass is 10.2. The van der Waals surface area contributed by atoms with Crippen LogP contribution in [0.1, 0.15) is 13.3 Å². The number of amides is 1. The Kier molecular flexibility index (Phi) is 3.32. The van der Waals surface area contributed by atoms with E-state index >= 15 is 0 Å².